The molecule has 1 fully saturated rings. The van der Waals surface area contributed by atoms with Crippen molar-refractivity contribution < 1.29 is 8.42 Å². The molecular formula is C12H22N4O2S2. The molecule has 0 amide bonds. The van der Waals surface area contributed by atoms with E-state index in [9.17, 15) is 8.42 Å². The summed E-state index contributed by atoms with van der Waals surface area (Å²) in [6.45, 7) is 4.52. The molecule has 2 atom stereocenters. The first kappa shape index (κ1) is 15.7. The van der Waals surface area contributed by atoms with Crippen LogP contribution < -0.4 is 10.0 Å². The fourth-order valence-electron chi connectivity index (χ4n) is 2.28. The zero-order valence-corrected chi connectivity index (χ0v) is 13.7. The molecule has 0 bridgehead atoms. The molecule has 0 radical (unpaired) electrons. The Morgan fingerprint density at radius 2 is 2.25 bits per heavy atom. The van der Waals surface area contributed by atoms with Gasteiger partial charge >= 0.3 is 10.2 Å². The summed E-state index contributed by atoms with van der Waals surface area (Å²) in [5.74, 6) is 0. The Kier molecular flexibility index (Phi) is 5.00. The normalized spacial score (nSPS) is 22.6. The van der Waals surface area contributed by atoms with Gasteiger partial charge in [0.2, 0.25) is 0 Å². The van der Waals surface area contributed by atoms with Crippen molar-refractivity contribution in [3.05, 3.63) is 11.1 Å². The van der Waals surface area contributed by atoms with E-state index in [0.717, 1.165) is 25.0 Å². The van der Waals surface area contributed by atoms with Crippen LogP contribution in [0.4, 0.5) is 5.13 Å². The summed E-state index contributed by atoms with van der Waals surface area (Å²) >= 11 is 1.32. The Balaban J connectivity index is 2.09. The largest absolute Gasteiger partial charge is 0.312 e. The van der Waals surface area contributed by atoms with Crippen molar-refractivity contribution in [1.29, 1.82) is 0 Å². The molecule has 1 aliphatic heterocycles. The minimum absolute atomic E-state index is 0.0527. The monoisotopic (exact) mass is 318 g/mol. The fraction of sp³-hybridized carbons (Fsp3) is 0.750. The van der Waals surface area contributed by atoms with Crippen LogP contribution in [0.1, 0.15) is 44.8 Å². The Bertz CT molecular complexity index is 543. The number of hydrogen-bond donors (Lipinski definition) is 2. The van der Waals surface area contributed by atoms with Crippen molar-refractivity contribution in [2.45, 2.75) is 45.2 Å². The molecule has 1 saturated heterocycles. The van der Waals surface area contributed by atoms with Crippen LogP contribution in [-0.2, 0) is 10.2 Å². The summed E-state index contributed by atoms with van der Waals surface area (Å²) < 4.78 is 28.9. The van der Waals surface area contributed by atoms with E-state index in [4.69, 9.17) is 0 Å². The second-order valence-corrected chi connectivity index (χ2v) is 7.63. The average molecular weight is 318 g/mol. The quantitative estimate of drug-likeness (QED) is 0.870. The molecule has 2 unspecified atom stereocenters. The van der Waals surface area contributed by atoms with Crippen LogP contribution in [0.2, 0.25) is 0 Å². The molecule has 0 spiro atoms. The van der Waals surface area contributed by atoms with Crippen molar-refractivity contribution in [2.75, 3.05) is 18.3 Å². The number of hydrogen-bond acceptors (Lipinski definition) is 5. The Labute approximate surface area is 124 Å². The molecular weight excluding hydrogens is 296 g/mol. The summed E-state index contributed by atoms with van der Waals surface area (Å²) in [6.07, 6.45) is 2.93. The van der Waals surface area contributed by atoms with Gasteiger partial charge in [-0.1, -0.05) is 6.42 Å². The van der Waals surface area contributed by atoms with Crippen molar-refractivity contribution >= 4 is 26.7 Å². The van der Waals surface area contributed by atoms with Crippen LogP contribution in [0.5, 0.6) is 0 Å². The Morgan fingerprint density at radius 3 is 2.90 bits per heavy atom. The van der Waals surface area contributed by atoms with Gasteiger partial charge in [-0.25, -0.2) is 9.71 Å². The predicted octanol–water partition coefficient (Wildman–Crippen LogP) is 1.95. The van der Waals surface area contributed by atoms with Gasteiger partial charge in [0.15, 0.2) is 5.13 Å². The maximum Gasteiger partial charge on any atom is 0.303 e. The number of thiazole rings is 1. The molecule has 2 rings (SSSR count). The van der Waals surface area contributed by atoms with E-state index in [1.165, 1.54) is 11.3 Å². The number of piperidine rings is 1. The summed E-state index contributed by atoms with van der Waals surface area (Å²) in [7, 11) is -1.64. The molecule has 20 heavy (non-hydrogen) atoms. The van der Waals surface area contributed by atoms with Gasteiger partial charge in [0.05, 0.1) is 5.69 Å². The molecule has 0 aromatic carbocycles. The topological polar surface area (TPSA) is 74.3 Å². The molecule has 114 valence electrons. The lowest BCUT2D eigenvalue weighted by molar-refractivity contribution is 0.270. The zero-order valence-electron chi connectivity index (χ0n) is 12.1. The van der Waals surface area contributed by atoms with Crippen molar-refractivity contribution in [2.24, 2.45) is 0 Å². The standard InChI is InChI=1S/C12H22N4O2S2/c1-9-6-4-5-7-16(9)20(17,18)15-12-14-11(8-19-12)10(2)13-3/h8-10,13H,4-7H2,1-3H3,(H,14,15). The third kappa shape index (κ3) is 3.49. The van der Waals surface area contributed by atoms with E-state index in [-0.39, 0.29) is 12.1 Å². The minimum atomic E-state index is -3.49. The van der Waals surface area contributed by atoms with Crippen LogP contribution in [0, 0.1) is 0 Å². The van der Waals surface area contributed by atoms with E-state index >= 15 is 0 Å². The highest BCUT2D eigenvalue weighted by atomic mass is 32.2. The average Bonchev–Trinajstić information content (AvgIpc) is 2.85. The molecule has 1 aromatic rings. The van der Waals surface area contributed by atoms with Crippen LogP contribution >= 0.6 is 11.3 Å². The summed E-state index contributed by atoms with van der Waals surface area (Å²) in [6, 6.07) is 0.162. The van der Waals surface area contributed by atoms with Crippen LogP contribution in [0.25, 0.3) is 0 Å². The second kappa shape index (κ2) is 6.38. The van der Waals surface area contributed by atoms with Crippen LogP contribution in [0.3, 0.4) is 0 Å². The van der Waals surface area contributed by atoms with Gasteiger partial charge in [0.1, 0.15) is 0 Å². The molecule has 2 N–H and O–H groups in total. The molecule has 0 aliphatic carbocycles. The van der Waals surface area contributed by atoms with Gasteiger partial charge in [0, 0.05) is 24.0 Å². The third-order valence-corrected chi connectivity index (χ3v) is 6.18. The SMILES string of the molecule is CNC(C)c1csc(NS(=O)(=O)N2CCCCC2C)n1. The lowest BCUT2D eigenvalue weighted by atomic mass is 10.1. The lowest BCUT2D eigenvalue weighted by Crippen LogP contribution is -2.44. The minimum Gasteiger partial charge on any atom is -0.312 e. The summed E-state index contributed by atoms with van der Waals surface area (Å²) in [5.41, 5.74) is 0.849. The van der Waals surface area contributed by atoms with Crippen LogP contribution in [-0.4, -0.2) is 37.3 Å². The van der Waals surface area contributed by atoms with Gasteiger partial charge < -0.3 is 5.32 Å². The zero-order chi connectivity index (χ0) is 14.8. The molecule has 2 heterocycles. The summed E-state index contributed by atoms with van der Waals surface area (Å²) in [4.78, 5) is 4.33. The van der Waals surface area contributed by atoms with Gasteiger partial charge in [0.25, 0.3) is 0 Å². The second-order valence-electron chi connectivity index (χ2n) is 5.15. The van der Waals surface area contributed by atoms with Gasteiger partial charge in [-0.05, 0) is 33.7 Å². The molecule has 8 heteroatoms. The number of nitrogens with zero attached hydrogens (tertiary/aromatic N) is 2. The maximum absolute atomic E-state index is 12.4. The highest BCUT2D eigenvalue weighted by Gasteiger charge is 2.30. The maximum atomic E-state index is 12.4. The first-order valence-corrected chi connectivity index (χ1v) is 9.18. The number of aromatic nitrogens is 1. The third-order valence-electron chi connectivity index (χ3n) is 3.67. The van der Waals surface area contributed by atoms with Gasteiger partial charge in [-0.3, -0.25) is 0 Å². The van der Waals surface area contributed by atoms with E-state index < -0.39 is 10.2 Å². The molecule has 1 aromatic heterocycles. The fourth-order valence-corrected chi connectivity index (χ4v) is 4.77. The van der Waals surface area contributed by atoms with E-state index in [2.05, 4.69) is 15.0 Å². The van der Waals surface area contributed by atoms with Gasteiger partial charge in [-0.15, -0.1) is 11.3 Å². The first-order chi connectivity index (χ1) is 9.44. The van der Waals surface area contributed by atoms with Crippen molar-refractivity contribution in [1.82, 2.24) is 14.6 Å². The number of rotatable bonds is 5. The van der Waals surface area contributed by atoms with E-state index in [1.54, 1.807) is 4.31 Å². The predicted molar refractivity (Wildman–Crippen MR) is 82.2 cm³/mol. The van der Waals surface area contributed by atoms with E-state index in [1.807, 2.05) is 26.3 Å². The number of nitrogens with one attached hydrogen (secondary N) is 2. The Morgan fingerprint density at radius 1 is 1.50 bits per heavy atom. The van der Waals surface area contributed by atoms with Crippen LogP contribution in [0.15, 0.2) is 5.38 Å². The highest BCUT2D eigenvalue weighted by molar-refractivity contribution is 7.90. The highest BCUT2D eigenvalue weighted by Crippen LogP contribution is 2.25. The first-order valence-electron chi connectivity index (χ1n) is 6.86. The lowest BCUT2D eigenvalue weighted by Gasteiger charge is -2.31. The smallest absolute Gasteiger partial charge is 0.303 e. The molecule has 0 saturated carbocycles. The Hall–Kier alpha value is -0.700. The molecule has 1 aliphatic rings. The van der Waals surface area contributed by atoms with Crippen molar-refractivity contribution in [3.8, 4) is 0 Å². The van der Waals surface area contributed by atoms with Crippen molar-refractivity contribution in [3.63, 3.8) is 0 Å². The van der Waals surface area contributed by atoms with E-state index in [0.29, 0.717) is 11.7 Å². The number of anilines is 1. The van der Waals surface area contributed by atoms with Gasteiger partial charge in [-0.2, -0.15) is 12.7 Å². The molecule has 6 nitrogen and oxygen atoms in total. The summed E-state index contributed by atoms with van der Waals surface area (Å²) in [5, 5.41) is 5.39.